The largest absolute Gasteiger partial charge is 0.395 e. The first-order chi connectivity index (χ1) is 7.95. The molecule has 0 aromatic carbocycles. The molecule has 100 valence electrons. The number of piperidine rings is 1. The molecule has 0 atom stereocenters. The van der Waals surface area contributed by atoms with Crippen LogP contribution in [0, 0.1) is 5.92 Å². The highest BCUT2D eigenvalue weighted by atomic mass is 32.2. The fourth-order valence-corrected chi connectivity index (χ4v) is 3.18. The van der Waals surface area contributed by atoms with Gasteiger partial charge < -0.3 is 10.4 Å². The maximum atomic E-state index is 11.7. The van der Waals surface area contributed by atoms with E-state index in [2.05, 4.69) is 5.32 Å². The van der Waals surface area contributed by atoms with E-state index in [0.717, 1.165) is 12.8 Å². The molecule has 1 heterocycles. The molecule has 7 heteroatoms. The van der Waals surface area contributed by atoms with Crippen molar-refractivity contribution in [3.63, 3.8) is 0 Å². The van der Waals surface area contributed by atoms with Crippen molar-refractivity contribution >= 4 is 15.9 Å². The van der Waals surface area contributed by atoms with Gasteiger partial charge in [-0.05, 0) is 18.8 Å². The molecule has 1 saturated heterocycles. The van der Waals surface area contributed by atoms with Crippen LogP contribution >= 0.6 is 0 Å². The topological polar surface area (TPSA) is 86.7 Å². The number of carbonyl (C=O) groups is 1. The number of aliphatic hydroxyl groups is 1. The van der Waals surface area contributed by atoms with Gasteiger partial charge in [0.1, 0.15) is 0 Å². The molecule has 0 saturated carbocycles. The van der Waals surface area contributed by atoms with E-state index in [9.17, 15) is 13.2 Å². The Morgan fingerprint density at radius 2 is 2.00 bits per heavy atom. The van der Waals surface area contributed by atoms with Crippen LogP contribution in [0.4, 0.5) is 0 Å². The molecule has 1 fully saturated rings. The van der Waals surface area contributed by atoms with Gasteiger partial charge in [0.05, 0.1) is 12.4 Å². The number of aliphatic hydroxyl groups excluding tert-OH is 1. The van der Waals surface area contributed by atoms with E-state index in [-0.39, 0.29) is 18.3 Å². The van der Waals surface area contributed by atoms with Gasteiger partial charge in [0.2, 0.25) is 15.9 Å². The van der Waals surface area contributed by atoms with Gasteiger partial charge in [0.25, 0.3) is 0 Å². The minimum atomic E-state index is -3.29. The van der Waals surface area contributed by atoms with Crippen molar-refractivity contribution < 1.29 is 18.3 Å². The zero-order valence-corrected chi connectivity index (χ0v) is 10.9. The van der Waals surface area contributed by atoms with Gasteiger partial charge in [-0.25, -0.2) is 12.7 Å². The third kappa shape index (κ3) is 4.61. The first-order valence-corrected chi connectivity index (χ1v) is 7.39. The molecule has 6 nitrogen and oxygen atoms in total. The van der Waals surface area contributed by atoms with E-state index in [0.29, 0.717) is 25.6 Å². The number of sulfonamides is 1. The van der Waals surface area contributed by atoms with Crippen LogP contribution in [0.1, 0.15) is 19.8 Å². The second kappa shape index (κ2) is 6.32. The summed E-state index contributed by atoms with van der Waals surface area (Å²) in [6.07, 6.45) is 1.51. The van der Waals surface area contributed by atoms with Crippen molar-refractivity contribution in [2.75, 3.05) is 32.0 Å². The Bertz CT molecular complexity index is 347. The number of nitrogens with zero attached hydrogens (tertiary/aromatic N) is 1. The Hall–Kier alpha value is -0.660. The lowest BCUT2D eigenvalue weighted by Crippen LogP contribution is -2.42. The third-order valence-electron chi connectivity index (χ3n) is 2.96. The van der Waals surface area contributed by atoms with Gasteiger partial charge in [-0.1, -0.05) is 0 Å². The Kier molecular flexibility index (Phi) is 5.35. The molecule has 0 aliphatic carbocycles. The van der Waals surface area contributed by atoms with Crippen LogP contribution in [0.3, 0.4) is 0 Å². The smallest absolute Gasteiger partial charge is 0.216 e. The van der Waals surface area contributed by atoms with E-state index >= 15 is 0 Å². The van der Waals surface area contributed by atoms with Crippen LogP contribution in [0.25, 0.3) is 0 Å². The summed E-state index contributed by atoms with van der Waals surface area (Å²) in [4.78, 5) is 10.7. The number of amides is 1. The Morgan fingerprint density at radius 3 is 2.47 bits per heavy atom. The van der Waals surface area contributed by atoms with Crippen molar-refractivity contribution in [1.82, 2.24) is 9.62 Å². The van der Waals surface area contributed by atoms with Crippen LogP contribution < -0.4 is 5.32 Å². The van der Waals surface area contributed by atoms with E-state index in [4.69, 9.17) is 5.11 Å². The molecule has 1 aliphatic heterocycles. The fraction of sp³-hybridized carbons (Fsp3) is 0.900. The Labute approximate surface area is 102 Å². The standard InChI is InChI=1S/C10H20N2O4S/c1-9(14)11-8-10-2-4-12(5-3-10)17(15,16)7-6-13/h10,13H,2-8H2,1H3,(H,11,14). The minimum Gasteiger partial charge on any atom is -0.395 e. The summed E-state index contributed by atoms with van der Waals surface area (Å²) in [6, 6.07) is 0. The lowest BCUT2D eigenvalue weighted by molar-refractivity contribution is -0.119. The van der Waals surface area contributed by atoms with Gasteiger partial charge in [-0.3, -0.25) is 4.79 Å². The Balaban J connectivity index is 2.38. The van der Waals surface area contributed by atoms with Crippen molar-refractivity contribution in [3.8, 4) is 0 Å². The maximum Gasteiger partial charge on any atom is 0.216 e. The van der Waals surface area contributed by atoms with Crippen molar-refractivity contribution in [2.45, 2.75) is 19.8 Å². The maximum absolute atomic E-state index is 11.7. The van der Waals surface area contributed by atoms with E-state index in [1.165, 1.54) is 11.2 Å². The molecular weight excluding hydrogens is 244 g/mol. The highest BCUT2D eigenvalue weighted by Crippen LogP contribution is 2.19. The van der Waals surface area contributed by atoms with Crippen molar-refractivity contribution in [3.05, 3.63) is 0 Å². The monoisotopic (exact) mass is 264 g/mol. The first kappa shape index (κ1) is 14.4. The second-order valence-corrected chi connectivity index (χ2v) is 6.41. The summed E-state index contributed by atoms with van der Waals surface area (Å²) in [5, 5.41) is 11.4. The number of hydrogen-bond donors (Lipinski definition) is 2. The van der Waals surface area contributed by atoms with Gasteiger partial charge >= 0.3 is 0 Å². The van der Waals surface area contributed by atoms with Gasteiger partial charge in [0.15, 0.2) is 0 Å². The van der Waals surface area contributed by atoms with E-state index in [1.807, 2.05) is 0 Å². The molecular formula is C10H20N2O4S. The zero-order valence-electron chi connectivity index (χ0n) is 10.1. The predicted octanol–water partition coefficient (Wildman–Crippen LogP) is -0.843. The molecule has 0 radical (unpaired) electrons. The predicted molar refractivity (Wildman–Crippen MR) is 63.9 cm³/mol. The number of nitrogens with one attached hydrogen (secondary N) is 1. The van der Waals surface area contributed by atoms with Gasteiger partial charge in [0, 0.05) is 26.6 Å². The van der Waals surface area contributed by atoms with E-state index < -0.39 is 10.0 Å². The van der Waals surface area contributed by atoms with Crippen molar-refractivity contribution in [2.24, 2.45) is 5.92 Å². The highest BCUT2D eigenvalue weighted by molar-refractivity contribution is 7.89. The van der Waals surface area contributed by atoms with Crippen molar-refractivity contribution in [1.29, 1.82) is 0 Å². The molecule has 17 heavy (non-hydrogen) atoms. The van der Waals surface area contributed by atoms with Crippen LogP contribution in [0.2, 0.25) is 0 Å². The lowest BCUT2D eigenvalue weighted by atomic mass is 9.98. The van der Waals surface area contributed by atoms with Crippen LogP contribution in [-0.2, 0) is 14.8 Å². The minimum absolute atomic E-state index is 0.0552. The summed E-state index contributed by atoms with van der Waals surface area (Å²) in [5.41, 5.74) is 0. The fourth-order valence-electron chi connectivity index (χ4n) is 1.92. The molecule has 1 amide bonds. The van der Waals surface area contributed by atoms with Crippen LogP contribution in [0.15, 0.2) is 0 Å². The third-order valence-corrected chi connectivity index (χ3v) is 4.81. The highest BCUT2D eigenvalue weighted by Gasteiger charge is 2.27. The zero-order chi connectivity index (χ0) is 12.9. The summed E-state index contributed by atoms with van der Waals surface area (Å²) in [7, 11) is -3.29. The van der Waals surface area contributed by atoms with Crippen LogP contribution in [-0.4, -0.2) is 55.7 Å². The van der Waals surface area contributed by atoms with Gasteiger partial charge in [-0.15, -0.1) is 0 Å². The lowest BCUT2D eigenvalue weighted by Gasteiger charge is -2.31. The average molecular weight is 264 g/mol. The Morgan fingerprint density at radius 1 is 1.41 bits per heavy atom. The van der Waals surface area contributed by atoms with Gasteiger partial charge in [-0.2, -0.15) is 0 Å². The van der Waals surface area contributed by atoms with Crippen LogP contribution in [0.5, 0.6) is 0 Å². The molecule has 0 unspecified atom stereocenters. The molecule has 0 spiro atoms. The number of carbonyl (C=O) groups excluding carboxylic acids is 1. The molecule has 0 bridgehead atoms. The molecule has 0 aromatic heterocycles. The quantitative estimate of drug-likeness (QED) is 0.677. The summed E-state index contributed by atoms with van der Waals surface area (Å²) < 4.78 is 24.7. The van der Waals surface area contributed by atoms with E-state index in [1.54, 1.807) is 0 Å². The second-order valence-electron chi connectivity index (χ2n) is 4.32. The molecule has 2 N–H and O–H groups in total. The summed E-state index contributed by atoms with van der Waals surface area (Å²) in [5.74, 6) is 0.0865. The molecule has 1 rings (SSSR count). The normalized spacial score (nSPS) is 19.2. The SMILES string of the molecule is CC(=O)NCC1CCN(S(=O)(=O)CCO)CC1. The first-order valence-electron chi connectivity index (χ1n) is 5.79. The molecule has 1 aliphatic rings. The average Bonchev–Trinajstić information content (AvgIpc) is 2.27. The molecule has 0 aromatic rings. The summed E-state index contributed by atoms with van der Waals surface area (Å²) in [6.45, 7) is 2.71. The summed E-state index contributed by atoms with van der Waals surface area (Å²) >= 11 is 0. The number of hydrogen-bond acceptors (Lipinski definition) is 4. The number of rotatable bonds is 5.